The highest BCUT2D eigenvalue weighted by atomic mass is 16.5. The minimum absolute atomic E-state index is 0.0167. The van der Waals surface area contributed by atoms with Crippen molar-refractivity contribution in [2.24, 2.45) is 17.6 Å². The van der Waals surface area contributed by atoms with Crippen LogP contribution in [-0.4, -0.2) is 29.1 Å². The summed E-state index contributed by atoms with van der Waals surface area (Å²) in [6.45, 7) is 4.82. The second-order valence-electron chi connectivity index (χ2n) is 3.96. The van der Waals surface area contributed by atoms with Crippen molar-refractivity contribution in [2.75, 3.05) is 13.1 Å². The van der Waals surface area contributed by atoms with Gasteiger partial charge in [-0.2, -0.15) is 4.98 Å². The van der Waals surface area contributed by atoms with E-state index >= 15 is 0 Å². The molecule has 90 valence electrons. The first kappa shape index (κ1) is 12.6. The Morgan fingerprint density at radius 1 is 1.62 bits per heavy atom. The third-order valence-electron chi connectivity index (χ3n) is 2.44. The summed E-state index contributed by atoms with van der Waals surface area (Å²) >= 11 is 0. The van der Waals surface area contributed by atoms with Gasteiger partial charge >= 0.3 is 0 Å². The Hall–Kier alpha value is -1.43. The van der Waals surface area contributed by atoms with Crippen molar-refractivity contribution in [1.82, 2.24) is 15.5 Å². The summed E-state index contributed by atoms with van der Waals surface area (Å²) in [6.07, 6.45) is 1.88. The van der Waals surface area contributed by atoms with Crippen LogP contribution in [0.5, 0.6) is 0 Å². The van der Waals surface area contributed by atoms with E-state index in [1.807, 2.05) is 13.8 Å². The van der Waals surface area contributed by atoms with Crippen LogP contribution in [0.2, 0.25) is 0 Å². The van der Waals surface area contributed by atoms with E-state index in [4.69, 9.17) is 10.3 Å². The first-order valence-electron chi connectivity index (χ1n) is 5.38. The van der Waals surface area contributed by atoms with Gasteiger partial charge < -0.3 is 15.6 Å². The van der Waals surface area contributed by atoms with Gasteiger partial charge in [0.1, 0.15) is 0 Å². The van der Waals surface area contributed by atoms with Crippen molar-refractivity contribution < 1.29 is 9.32 Å². The summed E-state index contributed by atoms with van der Waals surface area (Å²) in [6, 6.07) is 0. The Kier molecular flexibility index (Phi) is 4.91. The number of carbonyl (C=O) groups excluding carboxylic acids is 1. The Morgan fingerprint density at radius 2 is 2.38 bits per heavy atom. The molecular weight excluding hydrogens is 208 g/mol. The molecule has 1 amide bonds. The zero-order chi connectivity index (χ0) is 12.0. The lowest BCUT2D eigenvalue weighted by atomic mass is 9.95. The second-order valence-corrected chi connectivity index (χ2v) is 3.96. The zero-order valence-corrected chi connectivity index (χ0v) is 9.64. The van der Waals surface area contributed by atoms with Gasteiger partial charge in [-0.1, -0.05) is 19.0 Å². The molecule has 1 rings (SSSR count). The van der Waals surface area contributed by atoms with Gasteiger partial charge in [-0.05, 0) is 5.92 Å². The number of hydrogen-bond acceptors (Lipinski definition) is 5. The van der Waals surface area contributed by atoms with Crippen LogP contribution in [0.1, 0.15) is 19.7 Å². The molecule has 1 atom stereocenters. The quantitative estimate of drug-likeness (QED) is 0.709. The van der Waals surface area contributed by atoms with Crippen LogP contribution in [-0.2, 0) is 11.2 Å². The number of rotatable bonds is 6. The summed E-state index contributed by atoms with van der Waals surface area (Å²) in [4.78, 5) is 15.5. The maximum absolute atomic E-state index is 11.7. The minimum Gasteiger partial charge on any atom is -0.355 e. The molecule has 0 fully saturated rings. The van der Waals surface area contributed by atoms with Gasteiger partial charge in [-0.15, -0.1) is 0 Å². The number of carbonyl (C=O) groups is 1. The molecule has 0 saturated carbocycles. The molecule has 3 N–H and O–H groups in total. The van der Waals surface area contributed by atoms with Gasteiger partial charge in [-0.25, -0.2) is 0 Å². The standard InChI is InChI=1S/C10H18N4O2/c1-7(2)8(5-11)10(15)12-4-3-9-13-6-14-16-9/h6-8H,3-5,11H2,1-2H3,(H,12,15). The maximum Gasteiger partial charge on any atom is 0.228 e. The van der Waals surface area contributed by atoms with E-state index in [0.29, 0.717) is 25.4 Å². The average Bonchev–Trinajstić information content (AvgIpc) is 2.71. The Morgan fingerprint density at radius 3 is 2.88 bits per heavy atom. The lowest BCUT2D eigenvalue weighted by Gasteiger charge is -2.17. The molecule has 6 heteroatoms. The van der Waals surface area contributed by atoms with E-state index in [-0.39, 0.29) is 17.7 Å². The lowest BCUT2D eigenvalue weighted by molar-refractivity contribution is -0.125. The summed E-state index contributed by atoms with van der Waals surface area (Å²) in [5, 5.41) is 6.29. The summed E-state index contributed by atoms with van der Waals surface area (Å²) < 4.78 is 4.81. The predicted octanol–water partition coefficient (Wildman–Crippen LogP) is -0.0408. The highest BCUT2D eigenvalue weighted by Gasteiger charge is 2.19. The molecule has 0 bridgehead atoms. The number of nitrogens with two attached hydrogens (primary N) is 1. The maximum atomic E-state index is 11.7. The van der Waals surface area contributed by atoms with Crippen LogP contribution in [0.25, 0.3) is 0 Å². The Labute approximate surface area is 94.6 Å². The molecule has 16 heavy (non-hydrogen) atoms. The fourth-order valence-electron chi connectivity index (χ4n) is 1.41. The monoisotopic (exact) mass is 226 g/mol. The molecule has 0 spiro atoms. The molecule has 0 aliphatic carbocycles. The van der Waals surface area contributed by atoms with Crippen molar-refractivity contribution >= 4 is 5.91 Å². The van der Waals surface area contributed by atoms with Gasteiger partial charge in [-0.3, -0.25) is 4.79 Å². The molecule has 0 aliphatic rings. The summed E-state index contributed by atoms with van der Waals surface area (Å²) in [5.41, 5.74) is 5.54. The second kappa shape index (κ2) is 6.22. The van der Waals surface area contributed by atoms with E-state index in [0.717, 1.165) is 0 Å². The van der Waals surface area contributed by atoms with Crippen LogP contribution in [0.4, 0.5) is 0 Å². The Bertz CT molecular complexity index is 311. The average molecular weight is 226 g/mol. The zero-order valence-electron chi connectivity index (χ0n) is 9.64. The molecule has 6 nitrogen and oxygen atoms in total. The topological polar surface area (TPSA) is 94.0 Å². The number of aromatic nitrogens is 2. The van der Waals surface area contributed by atoms with E-state index in [1.165, 1.54) is 6.33 Å². The smallest absolute Gasteiger partial charge is 0.228 e. The third-order valence-corrected chi connectivity index (χ3v) is 2.44. The van der Waals surface area contributed by atoms with Gasteiger partial charge in [0.25, 0.3) is 0 Å². The lowest BCUT2D eigenvalue weighted by Crippen LogP contribution is -2.38. The van der Waals surface area contributed by atoms with Crippen LogP contribution in [0, 0.1) is 11.8 Å². The Balaban J connectivity index is 2.29. The van der Waals surface area contributed by atoms with Gasteiger partial charge in [0.2, 0.25) is 11.8 Å². The van der Waals surface area contributed by atoms with Crippen molar-refractivity contribution in [1.29, 1.82) is 0 Å². The van der Waals surface area contributed by atoms with Gasteiger partial charge in [0, 0.05) is 19.5 Å². The fraction of sp³-hybridized carbons (Fsp3) is 0.700. The number of hydrogen-bond donors (Lipinski definition) is 2. The van der Waals surface area contributed by atoms with Crippen molar-refractivity contribution in [3.8, 4) is 0 Å². The third kappa shape index (κ3) is 3.62. The molecule has 1 unspecified atom stereocenters. The van der Waals surface area contributed by atoms with Crippen molar-refractivity contribution in [3.05, 3.63) is 12.2 Å². The molecule has 0 radical (unpaired) electrons. The fourth-order valence-corrected chi connectivity index (χ4v) is 1.41. The number of amides is 1. The van der Waals surface area contributed by atoms with E-state index in [9.17, 15) is 4.79 Å². The first-order chi connectivity index (χ1) is 7.65. The van der Waals surface area contributed by atoms with E-state index < -0.39 is 0 Å². The van der Waals surface area contributed by atoms with Gasteiger partial charge in [0.05, 0.1) is 5.92 Å². The predicted molar refractivity (Wildman–Crippen MR) is 58.4 cm³/mol. The summed E-state index contributed by atoms with van der Waals surface area (Å²) in [7, 11) is 0. The molecule has 1 heterocycles. The molecule has 0 aromatic carbocycles. The molecule has 0 aliphatic heterocycles. The van der Waals surface area contributed by atoms with E-state index in [1.54, 1.807) is 0 Å². The number of nitrogens with zero attached hydrogens (tertiary/aromatic N) is 2. The minimum atomic E-state index is -0.136. The number of nitrogens with one attached hydrogen (secondary N) is 1. The molecule has 0 saturated heterocycles. The largest absolute Gasteiger partial charge is 0.355 e. The van der Waals surface area contributed by atoms with Crippen molar-refractivity contribution in [3.63, 3.8) is 0 Å². The van der Waals surface area contributed by atoms with Crippen LogP contribution in [0.3, 0.4) is 0 Å². The molecule has 1 aromatic rings. The molecule has 1 aromatic heterocycles. The SMILES string of the molecule is CC(C)C(CN)C(=O)NCCc1ncno1. The molecular formula is C10H18N4O2. The highest BCUT2D eigenvalue weighted by molar-refractivity contribution is 5.79. The highest BCUT2D eigenvalue weighted by Crippen LogP contribution is 2.08. The van der Waals surface area contributed by atoms with Crippen LogP contribution >= 0.6 is 0 Å². The van der Waals surface area contributed by atoms with Gasteiger partial charge in [0.15, 0.2) is 6.33 Å². The normalized spacial score (nSPS) is 12.8. The van der Waals surface area contributed by atoms with Crippen LogP contribution < -0.4 is 11.1 Å². The van der Waals surface area contributed by atoms with Crippen LogP contribution in [0.15, 0.2) is 10.9 Å². The van der Waals surface area contributed by atoms with E-state index in [2.05, 4.69) is 15.5 Å². The summed E-state index contributed by atoms with van der Waals surface area (Å²) in [5.74, 6) is 0.613. The first-order valence-corrected chi connectivity index (χ1v) is 5.38. The van der Waals surface area contributed by atoms with Crippen molar-refractivity contribution in [2.45, 2.75) is 20.3 Å².